The van der Waals surface area contributed by atoms with Gasteiger partial charge in [0, 0.05) is 16.8 Å². The first kappa shape index (κ1) is 13.0. The molecule has 4 saturated carbocycles. The summed E-state index contributed by atoms with van der Waals surface area (Å²) in [5.74, 6) is 3.86. The Hall–Kier alpha value is -0.0500. The van der Waals surface area contributed by atoms with Gasteiger partial charge in [0.2, 0.25) is 0 Å². The van der Waals surface area contributed by atoms with Gasteiger partial charge in [-0.15, -0.1) is 23.7 Å². The Morgan fingerprint density at radius 3 is 2.17 bits per heavy atom. The molecule has 4 bridgehead atoms. The molecular formula is C15H22ClNS. The highest BCUT2D eigenvalue weighted by Crippen LogP contribution is 2.63. The molecule has 0 spiro atoms. The topological polar surface area (TPSA) is 26.0 Å². The predicted octanol–water partition coefficient (Wildman–Crippen LogP) is 3.82. The van der Waals surface area contributed by atoms with Crippen LogP contribution in [-0.2, 0) is 5.41 Å². The van der Waals surface area contributed by atoms with Gasteiger partial charge in [-0.2, -0.15) is 0 Å². The van der Waals surface area contributed by atoms with E-state index >= 15 is 0 Å². The maximum atomic E-state index is 6.29. The Balaban J connectivity index is 0.000001000. The fraction of sp³-hybridized carbons (Fsp3) is 0.733. The summed E-state index contributed by atoms with van der Waals surface area (Å²) in [6.45, 7) is 0.877. The van der Waals surface area contributed by atoms with Crippen molar-refractivity contribution in [3.63, 3.8) is 0 Å². The molecule has 0 atom stereocenters. The van der Waals surface area contributed by atoms with Crippen LogP contribution in [0, 0.1) is 23.7 Å². The van der Waals surface area contributed by atoms with E-state index in [2.05, 4.69) is 17.5 Å². The third-order valence-corrected chi connectivity index (χ3v) is 6.98. The summed E-state index contributed by atoms with van der Waals surface area (Å²) in [7, 11) is 0. The fourth-order valence-electron chi connectivity index (χ4n) is 5.40. The van der Waals surface area contributed by atoms with Gasteiger partial charge < -0.3 is 5.73 Å². The molecule has 0 aliphatic heterocycles. The average Bonchev–Trinajstić information content (AvgIpc) is 2.83. The Morgan fingerprint density at radius 1 is 1.11 bits per heavy atom. The van der Waals surface area contributed by atoms with Gasteiger partial charge in [0.1, 0.15) is 0 Å². The molecule has 0 aromatic carbocycles. The van der Waals surface area contributed by atoms with Crippen molar-refractivity contribution in [2.45, 2.75) is 37.5 Å². The highest BCUT2D eigenvalue weighted by Gasteiger charge is 2.57. The van der Waals surface area contributed by atoms with Gasteiger partial charge in [0.25, 0.3) is 0 Å². The van der Waals surface area contributed by atoms with Gasteiger partial charge in [0.15, 0.2) is 0 Å². The van der Waals surface area contributed by atoms with Gasteiger partial charge in [-0.25, -0.2) is 0 Å². The first-order valence-electron chi connectivity index (χ1n) is 7.07. The van der Waals surface area contributed by atoms with Crippen LogP contribution in [0.25, 0.3) is 0 Å². The van der Waals surface area contributed by atoms with Crippen molar-refractivity contribution < 1.29 is 0 Å². The standard InChI is InChI=1S/C15H21NS.ClH/c16-9-15(14-2-1-3-17-14)12-5-10-4-11(7-12)8-13(15)6-10;/h1-3,10-13H,4-9,16H2;1H. The van der Waals surface area contributed by atoms with E-state index in [0.29, 0.717) is 5.41 Å². The van der Waals surface area contributed by atoms with Crippen LogP contribution in [0.5, 0.6) is 0 Å². The Kier molecular flexibility index (Phi) is 3.24. The molecule has 1 aromatic heterocycles. The molecule has 5 rings (SSSR count). The van der Waals surface area contributed by atoms with E-state index in [1.54, 1.807) is 4.88 Å². The molecule has 0 amide bonds. The van der Waals surface area contributed by atoms with Gasteiger partial charge in [0.05, 0.1) is 0 Å². The zero-order valence-electron chi connectivity index (χ0n) is 10.7. The van der Waals surface area contributed by atoms with E-state index < -0.39 is 0 Å². The smallest absolute Gasteiger partial charge is 0.0226 e. The molecule has 4 fully saturated rings. The van der Waals surface area contributed by atoms with Crippen LogP contribution in [0.4, 0.5) is 0 Å². The van der Waals surface area contributed by atoms with E-state index in [-0.39, 0.29) is 12.4 Å². The lowest BCUT2D eigenvalue weighted by atomic mass is 9.45. The lowest BCUT2D eigenvalue weighted by Crippen LogP contribution is -2.58. The minimum Gasteiger partial charge on any atom is -0.330 e. The Labute approximate surface area is 120 Å². The normalized spacial score (nSPS) is 44.9. The lowest BCUT2D eigenvalue weighted by Gasteiger charge is -2.61. The number of thiophene rings is 1. The zero-order valence-corrected chi connectivity index (χ0v) is 12.3. The third-order valence-electron chi connectivity index (χ3n) is 5.91. The van der Waals surface area contributed by atoms with Gasteiger partial charge in [-0.3, -0.25) is 0 Å². The van der Waals surface area contributed by atoms with Gasteiger partial charge in [-0.1, -0.05) is 6.07 Å². The monoisotopic (exact) mass is 283 g/mol. The largest absolute Gasteiger partial charge is 0.330 e. The molecular weight excluding hydrogens is 262 g/mol. The van der Waals surface area contributed by atoms with Gasteiger partial charge in [-0.05, 0) is 67.2 Å². The SMILES string of the molecule is Cl.NCC1(c2cccs2)C2CC3CC(C2)CC1C3. The summed E-state index contributed by atoms with van der Waals surface area (Å²) in [5, 5.41) is 2.23. The number of hydrogen-bond acceptors (Lipinski definition) is 2. The Morgan fingerprint density at radius 2 is 1.72 bits per heavy atom. The lowest BCUT2D eigenvalue weighted by molar-refractivity contribution is -0.0551. The second kappa shape index (κ2) is 4.50. The summed E-state index contributed by atoms with van der Waals surface area (Å²) >= 11 is 1.95. The fourth-order valence-corrected chi connectivity index (χ4v) is 6.50. The molecule has 1 nitrogen and oxygen atoms in total. The second-order valence-electron chi connectivity index (χ2n) is 6.53. The minimum atomic E-state index is 0. The molecule has 1 aromatic rings. The quantitative estimate of drug-likeness (QED) is 0.877. The van der Waals surface area contributed by atoms with E-state index in [9.17, 15) is 0 Å². The molecule has 4 aliphatic rings. The van der Waals surface area contributed by atoms with E-state index in [1.807, 2.05) is 11.3 Å². The number of halogens is 1. The summed E-state index contributed by atoms with van der Waals surface area (Å²) in [5.41, 5.74) is 6.65. The zero-order chi connectivity index (χ0) is 11.5. The van der Waals surface area contributed by atoms with Crippen molar-refractivity contribution in [1.29, 1.82) is 0 Å². The molecule has 0 unspecified atom stereocenters. The number of rotatable bonds is 2. The number of nitrogens with two attached hydrogens (primary N) is 1. The van der Waals surface area contributed by atoms with E-state index in [1.165, 1.54) is 32.1 Å². The Bertz CT molecular complexity index is 386. The number of hydrogen-bond donors (Lipinski definition) is 1. The molecule has 100 valence electrons. The van der Waals surface area contributed by atoms with Crippen LogP contribution in [-0.4, -0.2) is 6.54 Å². The van der Waals surface area contributed by atoms with E-state index in [4.69, 9.17) is 5.73 Å². The van der Waals surface area contributed by atoms with Crippen LogP contribution >= 0.6 is 23.7 Å². The molecule has 0 saturated heterocycles. The molecule has 4 aliphatic carbocycles. The van der Waals surface area contributed by atoms with Crippen molar-refractivity contribution in [1.82, 2.24) is 0 Å². The van der Waals surface area contributed by atoms with Crippen molar-refractivity contribution in [3.05, 3.63) is 22.4 Å². The second-order valence-corrected chi connectivity index (χ2v) is 7.47. The minimum absolute atomic E-state index is 0. The van der Waals surface area contributed by atoms with Crippen molar-refractivity contribution in [2.24, 2.45) is 29.4 Å². The summed E-state index contributed by atoms with van der Waals surface area (Å²) in [6.07, 6.45) is 7.37. The maximum absolute atomic E-state index is 6.29. The molecule has 0 radical (unpaired) electrons. The van der Waals surface area contributed by atoms with Crippen molar-refractivity contribution in [2.75, 3.05) is 6.54 Å². The highest BCUT2D eigenvalue weighted by molar-refractivity contribution is 7.10. The molecule has 18 heavy (non-hydrogen) atoms. The van der Waals surface area contributed by atoms with Crippen molar-refractivity contribution >= 4 is 23.7 Å². The maximum Gasteiger partial charge on any atom is 0.0226 e. The van der Waals surface area contributed by atoms with E-state index in [0.717, 1.165) is 30.2 Å². The first-order valence-corrected chi connectivity index (χ1v) is 7.95. The molecule has 2 N–H and O–H groups in total. The highest BCUT2D eigenvalue weighted by atomic mass is 35.5. The van der Waals surface area contributed by atoms with Crippen LogP contribution in [0.1, 0.15) is 37.0 Å². The van der Waals surface area contributed by atoms with Crippen LogP contribution in [0.2, 0.25) is 0 Å². The van der Waals surface area contributed by atoms with Crippen LogP contribution in [0.3, 0.4) is 0 Å². The van der Waals surface area contributed by atoms with Crippen LogP contribution < -0.4 is 5.73 Å². The molecule has 1 heterocycles. The average molecular weight is 284 g/mol. The van der Waals surface area contributed by atoms with Crippen molar-refractivity contribution in [3.8, 4) is 0 Å². The van der Waals surface area contributed by atoms with Gasteiger partial charge >= 0.3 is 0 Å². The van der Waals surface area contributed by atoms with Crippen LogP contribution in [0.15, 0.2) is 17.5 Å². The first-order chi connectivity index (χ1) is 8.33. The summed E-state index contributed by atoms with van der Waals surface area (Å²) in [4.78, 5) is 1.59. The predicted molar refractivity (Wildman–Crippen MR) is 79.3 cm³/mol. The molecule has 3 heteroatoms. The summed E-state index contributed by atoms with van der Waals surface area (Å²) < 4.78 is 0. The third kappa shape index (κ3) is 1.55. The summed E-state index contributed by atoms with van der Waals surface area (Å²) in [6, 6.07) is 4.56.